The van der Waals surface area contributed by atoms with Crippen molar-refractivity contribution in [3.8, 4) is 6.07 Å². The fraction of sp³-hybridized carbons (Fsp3) is 0.364. The molecule has 3 aromatic rings. The molecular weight excluding hydrogens is 556 g/mol. The van der Waals surface area contributed by atoms with Gasteiger partial charge in [0.1, 0.15) is 23.9 Å². The number of rotatable bonds is 9. The number of nitrogens with two attached hydrogens (primary N) is 1. The summed E-state index contributed by atoms with van der Waals surface area (Å²) < 4.78 is 29.5. The molecule has 0 unspecified atom stereocenters. The Morgan fingerprint density at radius 3 is 2.97 bits per heavy atom. The Bertz CT molecular complexity index is 1400. The van der Waals surface area contributed by atoms with Crippen molar-refractivity contribution in [2.75, 3.05) is 11.9 Å². The summed E-state index contributed by atoms with van der Waals surface area (Å²) in [6.45, 7) is 2.46. The number of aryl methyl sites for hydroxylation is 1. The molecule has 0 spiro atoms. The van der Waals surface area contributed by atoms with Gasteiger partial charge in [-0.15, -0.1) is 11.3 Å². The van der Waals surface area contributed by atoms with Gasteiger partial charge in [-0.25, -0.2) is 15.1 Å². The van der Waals surface area contributed by atoms with E-state index in [2.05, 4.69) is 37.3 Å². The second-order valence-electron chi connectivity index (χ2n) is 8.39. The molecule has 13 heteroatoms. The minimum Gasteiger partial charge on any atom is -0.367 e. The van der Waals surface area contributed by atoms with E-state index in [4.69, 9.17) is 9.32 Å². The molecule has 3 N–H and O–H groups in total. The van der Waals surface area contributed by atoms with Gasteiger partial charge in [-0.1, -0.05) is 0 Å². The van der Waals surface area contributed by atoms with Crippen LogP contribution in [0.25, 0.3) is 0 Å². The monoisotopic (exact) mass is 578 g/mol. The van der Waals surface area contributed by atoms with Crippen LogP contribution in [0.2, 0.25) is 0 Å². The van der Waals surface area contributed by atoms with Gasteiger partial charge in [0.15, 0.2) is 0 Å². The van der Waals surface area contributed by atoms with Crippen molar-refractivity contribution in [2.45, 2.75) is 38.8 Å². The number of carbonyl (C=O) groups is 1. The van der Waals surface area contributed by atoms with E-state index in [1.165, 1.54) is 23.9 Å². The molecule has 0 radical (unpaired) electrons. The normalized spacial score (nSPS) is 17.9. The Morgan fingerprint density at radius 2 is 2.23 bits per heavy atom. The maximum Gasteiger partial charge on any atom is 0.333 e. The molecule has 1 saturated carbocycles. The third-order valence-corrected chi connectivity index (χ3v) is 7.86. The molecule has 0 aliphatic heterocycles. The molecule has 0 amide bonds. The third-order valence-electron chi connectivity index (χ3n) is 5.87. The molecule has 3 heterocycles. The summed E-state index contributed by atoms with van der Waals surface area (Å²) in [7, 11) is -3.97. The van der Waals surface area contributed by atoms with Crippen LogP contribution in [0.15, 0.2) is 35.3 Å². The van der Waals surface area contributed by atoms with Crippen LogP contribution in [0.4, 0.5) is 5.82 Å². The molecular formula is C22H23BrN6O4S2. The third kappa shape index (κ3) is 6.33. The van der Waals surface area contributed by atoms with Gasteiger partial charge in [-0.05, 0) is 65.7 Å². The van der Waals surface area contributed by atoms with E-state index < -0.39 is 10.3 Å². The van der Waals surface area contributed by atoms with Crippen LogP contribution in [0.3, 0.4) is 0 Å². The lowest BCUT2D eigenvalue weighted by Gasteiger charge is -2.15. The number of halogens is 1. The first-order chi connectivity index (χ1) is 16.6. The van der Waals surface area contributed by atoms with Gasteiger partial charge in [0.2, 0.25) is 5.78 Å². The average Bonchev–Trinajstić information content (AvgIpc) is 3.51. The Balaban J connectivity index is 1.48. The number of anilines is 1. The van der Waals surface area contributed by atoms with Crippen LogP contribution in [0.5, 0.6) is 0 Å². The molecule has 1 fully saturated rings. The van der Waals surface area contributed by atoms with Gasteiger partial charge in [0.05, 0.1) is 17.0 Å². The quantitative estimate of drug-likeness (QED) is 0.366. The zero-order valence-electron chi connectivity index (χ0n) is 18.8. The van der Waals surface area contributed by atoms with Crippen molar-refractivity contribution in [3.63, 3.8) is 0 Å². The second kappa shape index (κ2) is 10.5. The van der Waals surface area contributed by atoms with E-state index in [0.717, 1.165) is 27.8 Å². The number of ketones is 1. The standard InChI is InChI=1S/C22H23BrN6O4S2/c1-13-15(9-29-10-16(23)6-18(29)7-24)5-20(34-13)21(30)19-8-26-12-27-22(19)28-17-3-2-14(4-17)11-33-35(25,31)32/h5-6,8,10,12,14,17H,2-4,9,11H2,1H3,(H2,25,31,32)(H,26,27,28)/t14-,17+/m1/s1. The highest BCUT2D eigenvalue weighted by atomic mass is 79.9. The zero-order chi connectivity index (χ0) is 25.2. The van der Waals surface area contributed by atoms with Crippen molar-refractivity contribution in [1.29, 1.82) is 5.26 Å². The summed E-state index contributed by atoms with van der Waals surface area (Å²) in [5.74, 6) is 0.298. The van der Waals surface area contributed by atoms with E-state index in [9.17, 15) is 18.5 Å². The molecule has 1 aliphatic rings. The van der Waals surface area contributed by atoms with Crippen molar-refractivity contribution >= 4 is 49.2 Å². The van der Waals surface area contributed by atoms with Gasteiger partial charge in [-0.2, -0.15) is 13.7 Å². The van der Waals surface area contributed by atoms with Crippen LogP contribution in [-0.4, -0.2) is 41.4 Å². The second-order valence-corrected chi connectivity index (χ2v) is 11.8. The van der Waals surface area contributed by atoms with E-state index in [-0.39, 0.29) is 24.3 Å². The van der Waals surface area contributed by atoms with Gasteiger partial charge in [-0.3, -0.25) is 8.98 Å². The van der Waals surface area contributed by atoms with Crippen LogP contribution in [0, 0.1) is 24.2 Å². The molecule has 2 atom stereocenters. The first kappa shape index (κ1) is 25.5. The number of hydrogen-bond donors (Lipinski definition) is 2. The van der Waals surface area contributed by atoms with E-state index >= 15 is 0 Å². The molecule has 35 heavy (non-hydrogen) atoms. The molecule has 184 valence electrons. The number of nitrogens with one attached hydrogen (secondary N) is 1. The summed E-state index contributed by atoms with van der Waals surface area (Å²) in [5.41, 5.74) is 1.85. The summed E-state index contributed by atoms with van der Waals surface area (Å²) >= 11 is 4.79. The number of carbonyl (C=O) groups excluding carboxylic acids is 1. The minimum atomic E-state index is -3.97. The van der Waals surface area contributed by atoms with Crippen molar-refractivity contribution in [1.82, 2.24) is 14.5 Å². The topological polar surface area (TPSA) is 153 Å². The molecule has 3 aromatic heterocycles. The Kier molecular flexibility index (Phi) is 7.67. The largest absolute Gasteiger partial charge is 0.367 e. The Labute approximate surface area is 215 Å². The number of nitriles is 1. The fourth-order valence-electron chi connectivity index (χ4n) is 4.15. The summed E-state index contributed by atoms with van der Waals surface area (Å²) in [6, 6.07) is 5.79. The van der Waals surface area contributed by atoms with Crippen molar-refractivity contribution in [3.05, 3.63) is 61.9 Å². The SMILES string of the molecule is Cc1sc(C(=O)c2cncnc2N[C@H]2CC[C@@H](COS(N)(=O)=O)C2)cc1Cn1cc(Br)cc1C#N. The predicted molar refractivity (Wildman–Crippen MR) is 134 cm³/mol. The fourth-order valence-corrected chi connectivity index (χ4v) is 5.99. The van der Waals surface area contributed by atoms with E-state index in [1.807, 2.05) is 23.8 Å². The Hall–Kier alpha value is -2.63. The van der Waals surface area contributed by atoms with Gasteiger partial charge >= 0.3 is 10.3 Å². The molecule has 0 bridgehead atoms. The average molecular weight is 580 g/mol. The van der Waals surface area contributed by atoms with Crippen molar-refractivity contribution in [2.24, 2.45) is 11.1 Å². The smallest absolute Gasteiger partial charge is 0.333 e. The highest BCUT2D eigenvalue weighted by Gasteiger charge is 2.28. The molecule has 10 nitrogen and oxygen atoms in total. The zero-order valence-corrected chi connectivity index (χ0v) is 22.0. The molecule has 1 aliphatic carbocycles. The number of thiophene rings is 1. The molecule has 4 rings (SSSR count). The predicted octanol–water partition coefficient (Wildman–Crippen LogP) is 3.36. The summed E-state index contributed by atoms with van der Waals surface area (Å²) in [5, 5.41) is 17.6. The lowest BCUT2D eigenvalue weighted by molar-refractivity contribution is 0.104. The van der Waals surface area contributed by atoms with Crippen molar-refractivity contribution < 1.29 is 17.4 Å². The number of nitrogens with zero attached hydrogens (tertiary/aromatic N) is 4. The number of aromatic nitrogens is 3. The highest BCUT2D eigenvalue weighted by molar-refractivity contribution is 9.10. The summed E-state index contributed by atoms with van der Waals surface area (Å²) in [6.07, 6.45) is 6.95. The maximum absolute atomic E-state index is 13.4. The summed E-state index contributed by atoms with van der Waals surface area (Å²) in [4.78, 5) is 23.3. The lowest BCUT2D eigenvalue weighted by Crippen LogP contribution is -2.22. The first-order valence-corrected chi connectivity index (χ1v) is 13.8. The maximum atomic E-state index is 13.4. The van der Waals surface area contributed by atoms with E-state index in [1.54, 1.807) is 6.07 Å². The van der Waals surface area contributed by atoms with Gasteiger partial charge in [0, 0.05) is 34.3 Å². The van der Waals surface area contributed by atoms with Crippen LogP contribution in [0.1, 0.15) is 50.6 Å². The van der Waals surface area contributed by atoms with Crippen LogP contribution < -0.4 is 10.5 Å². The Morgan fingerprint density at radius 1 is 1.43 bits per heavy atom. The van der Waals surface area contributed by atoms with Gasteiger partial charge in [0.25, 0.3) is 0 Å². The molecule has 0 saturated heterocycles. The van der Waals surface area contributed by atoms with Gasteiger partial charge < -0.3 is 9.88 Å². The van der Waals surface area contributed by atoms with E-state index in [0.29, 0.717) is 34.9 Å². The lowest BCUT2D eigenvalue weighted by atomic mass is 10.1. The van der Waals surface area contributed by atoms with Crippen LogP contribution >= 0.6 is 27.3 Å². The number of hydrogen-bond acceptors (Lipinski definition) is 9. The highest BCUT2D eigenvalue weighted by Crippen LogP contribution is 2.31. The first-order valence-electron chi connectivity index (χ1n) is 10.8. The van der Waals surface area contributed by atoms with Crippen LogP contribution in [-0.2, 0) is 21.0 Å². The molecule has 0 aromatic carbocycles. The minimum absolute atomic E-state index is 0.0164.